The van der Waals surface area contributed by atoms with Crippen molar-refractivity contribution in [3.05, 3.63) is 29.3 Å². The van der Waals surface area contributed by atoms with Crippen molar-refractivity contribution >= 4 is 0 Å². The third-order valence-electron chi connectivity index (χ3n) is 1.87. The van der Waals surface area contributed by atoms with Crippen molar-refractivity contribution < 1.29 is 4.74 Å². The lowest BCUT2D eigenvalue weighted by Gasteiger charge is -2.08. The van der Waals surface area contributed by atoms with Crippen molar-refractivity contribution in [3.8, 4) is 11.8 Å². The van der Waals surface area contributed by atoms with E-state index in [-0.39, 0.29) is 6.04 Å². The van der Waals surface area contributed by atoms with Crippen LogP contribution in [0.15, 0.2) is 18.2 Å². The minimum absolute atomic E-state index is 0.0401. The molecule has 0 aliphatic rings. The zero-order valence-electron chi connectivity index (χ0n) is 7.74. The van der Waals surface area contributed by atoms with Crippen LogP contribution in [-0.2, 0) is 0 Å². The van der Waals surface area contributed by atoms with Crippen LogP contribution in [0, 0.1) is 11.3 Å². The van der Waals surface area contributed by atoms with E-state index in [1.807, 2.05) is 19.1 Å². The SMILES string of the molecule is COc1cc(C(C)N)ccc1C#N. The predicted molar refractivity (Wildman–Crippen MR) is 50.3 cm³/mol. The topological polar surface area (TPSA) is 59.0 Å². The molecule has 0 heterocycles. The zero-order chi connectivity index (χ0) is 9.84. The largest absolute Gasteiger partial charge is 0.495 e. The van der Waals surface area contributed by atoms with Crippen molar-refractivity contribution in [2.24, 2.45) is 5.73 Å². The molecule has 1 rings (SSSR count). The number of nitriles is 1. The lowest BCUT2D eigenvalue weighted by Crippen LogP contribution is -2.05. The highest BCUT2D eigenvalue weighted by atomic mass is 16.5. The predicted octanol–water partition coefficient (Wildman–Crippen LogP) is 1.59. The van der Waals surface area contributed by atoms with E-state index in [2.05, 4.69) is 0 Å². The van der Waals surface area contributed by atoms with Crippen LogP contribution < -0.4 is 10.5 Å². The van der Waals surface area contributed by atoms with Crippen LogP contribution in [0.4, 0.5) is 0 Å². The molecule has 0 radical (unpaired) electrons. The number of hydrogen-bond acceptors (Lipinski definition) is 3. The number of rotatable bonds is 2. The fraction of sp³-hybridized carbons (Fsp3) is 0.300. The summed E-state index contributed by atoms with van der Waals surface area (Å²) in [5, 5.41) is 8.72. The van der Waals surface area contributed by atoms with E-state index >= 15 is 0 Å². The summed E-state index contributed by atoms with van der Waals surface area (Å²) >= 11 is 0. The molecule has 3 heteroatoms. The van der Waals surface area contributed by atoms with Gasteiger partial charge in [-0.25, -0.2) is 0 Å². The summed E-state index contributed by atoms with van der Waals surface area (Å²) in [6, 6.07) is 7.36. The molecule has 3 nitrogen and oxygen atoms in total. The molecule has 0 spiro atoms. The highest BCUT2D eigenvalue weighted by Gasteiger charge is 2.05. The van der Waals surface area contributed by atoms with E-state index in [1.54, 1.807) is 19.2 Å². The van der Waals surface area contributed by atoms with E-state index < -0.39 is 0 Å². The third kappa shape index (κ3) is 1.98. The summed E-state index contributed by atoms with van der Waals surface area (Å²) in [7, 11) is 1.54. The Kier molecular flexibility index (Phi) is 2.88. The molecule has 1 atom stereocenters. The van der Waals surface area contributed by atoms with Gasteiger partial charge < -0.3 is 10.5 Å². The first-order valence-electron chi connectivity index (χ1n) is 4.02. The van der Waals surface area contributed by atoms with E-state index in [0.29, 0.717) is 11.3 Å². The monoisotopic (exact) mass is 176 g/mol. The van der Waals surface area contributed by atoms with Gasteiger partial charge >= 0.3 is 0 Å². The molecule has 0 amide bonds. The van der Waals surface area contributed by atoms with Crippen LogP contribution in [0.2, 0.25) is 0 Å². The van der Waals surface area contributed by atoms with Crippen molar-refractivity contribution in [2.45, 2.75) is 13.0 Å². The van der Waals surface area contributed by atoms with Crippen LogP contribution in [0.1, 0.15) is 24.1 Å². The molecule has 13 heavy (non-hydrogen) atoms. The van der Waals surface area contributed by atoms with Gasteiger partial charge in [0.2, 0.25) is 0 Å². The summed E-state index contributed by atoms with van der Waals surface area (Å²) in [6.45, 7) is 1.89. The first-order valence-corrected chi connectivity index (χ1v) is 4.02. The Morgan fingerprint density at radius 3 is 2.69 bits per heavy atom. The number of nitrogens with zero attached hydrogens (tertiary/aromatic N) is 1. The second-order valence-electron chi connectivity index (χ2n) is 2.86. The highest BCUT2D eigenvalue weighted by Crippen LogP contribution is 2.21. The van der Waals surface area contributed by atoms with Gasteiger partial charge in [0, 0.05) is 6.04 Å². The molecule has 0 saturated heterocycles. The zero-order valence-corrected chi connectivity index (χ0v) is 7.74. The molecule has 0 aliphatic carbocycles. The third-order valence-corrected chi connectivity index (χ3v) is 1.87. The maximum atomic E-state index is 8.72. The van der Waals surface area contributed by atoms with E-state index in [1.165, 1.54) is 0 Å². The van der Waals surface area contributed by atoms with Crippen LogP contribution in [-0.4, -0.2) is 7.11 Å². The van der Waals surface area contributed by atoms with Gasteiger partial charge in [-0.1, -0.05) is 6.07 Å². The Bertz CT molecular complexity index is 339. The van der Waals surface area contributed by atoms with Crippen molar-refractivity contribution in [1.82, 2.24) is 0 Å². The molecule has 0 aliphatic heterocycles. The average molecular weight is 176 g/mol. The van der Waals surface area contributed by atoms with Crippen LogP contribution in [0.5, 0.6) is 5.75 Å². The van der Waals surface area contributed by atoms with Gasteiger partial charge in [-0.3, -0.25) is 0 Å². The Balaban J connectivity index is 3.15. The second-order valence-corrected chi connectivity index (χ2v) is 2.86. The molecule has 0 fully saturated rings. The minimum atomic E-state index is -0.0401. The highest BCUT2D eigenvalue weighted by molar-refractivity contribution is 5.45. The van der Waals surface area contributed by atoms with Crippen molar-refractivity contribution in [1.29, 1.82) is 5.26 Å². The van der Waals surface area contributed by atoms with Gasteiger partial charge in [-0.2, -0.15) is 5.26 Å². The fourth-order valence-corrected chi connectivity index (χ4v) is 1.08. The summed E-state index contributed by atoms with van der Waals surface area (Å²) in [5.74, 6) is 0.581. The van der Waals surface area contributed by atoms with E-state index in [4.69, 9.17) is 15.7 Å². The van der Waals surface area contributed by atoms with Crippen LogP contribution >= 0.6 is 0 Å². The number of hydrogen-bond donors (Lipinski definition) is 1. The lowest BCUT2D eigenvalue weighted by atomic mass is 10.1. The Hall–Kier alpha value is -1.53. The fourth-order valence-electron chi connectivity index (χ4n) is 1.08. The molecule has 0 saturated carbocycles. The van der Waals surface area contributed by atoms with E-state index in [0.717, 1.165) is 5.56 Å². The quantitative estimate of drug-likeness (QED) is 0.744. The normalized spacial score (nSPS) is 11.8. The van der Waals surface area contributed by atoms with Gasteiger partial charge in [0.25, 0.3) is 0 Å². The van der Waals surface area contributed by atoms with E-state index in [9.17, 15) is 0 Å². The second kappa shape index (κ2) is 3.92. The molecule has 1 aromatic rings. The van der Waals surface area contributed by atoms with Gasteiger partial charge in [-0.15, -0.1) is 0 Å². The first-order chi connectivity index (χ1) is 6.19. The number of methoxy groups -OCH3 is 1. The molecular formula is C10H12N2O. The average Bonchev–Trinajstić information content (AvgIpc) is 2.16. The van der Waals surface area contributed by atoms with Crippen LogP contribution in [0.3, 0.4) is 0 Å². The molecule has 68 valence electrons. The maximum Gasteiger partial charge on any atom is 0.136 e. The molecule has 0 aromatic heterocycles. The Labute approximate surface area is 77.7 Å². The summed E-state index contributed by atoms with van der Waals surface area (Å²) in [6.07, 6.45) is 0. The van der Waals surface area contributed by atoms with Crippen LogP contribution in [0.25, 0.3) is 0 Å². The molecular weight excluding hydrogens is 164 g/mol. The molecule has 1 unspecified atom stereocenters. The Morgan fingerprint density at radius 2 is 2.23 bits per heavy atom. The van der Waals surface area contributed by atoms with Crippen molar-refractivity contribution in [2.75, 3.05) is 7.11 Å². The summed E-state index contributed by atoms with van der Waals surface area (Å²) < 4.78 is 5.05. The number of benzene rings is 1. The Morgan fingerprint density at radius 1 is 1.54 bits per heavy atom. The molecule has 2 N–H and O–H groups in total. The van der Waals surface area contributed by atoms with Gasteiger partial charge in [0.15, 0.2) is 0 Å². The standard InChI is InChI=1S/C10H12N2O/c1-7(12)8-3-4-9(6-11)10(5-8)13-2/h3-5,7H,12H2,1-2H3. The summed E-state index contributed by atoms with van der Waals surface area (Å²) in [4.78, 5) is 0. The lowest BCUT2D eigenvalue weighted by molar-refractivity contribution is 0.412. The first kappa shape index (κ1) is 9.56. The summed E-state index contributed by atoms with van der Waals surface area (Å²) in [5.41, 5.74) is 7.19. The molecule has 1 aromatic carbocycles. The van der Waals surface area contributed by atoms with Gasteiger partial charge in [0.1, 0.15) is 11.8 Å². The maximum absolute atomic E-state index is 8.72. The molecule has 0 bridgehead atoms. The minimum Gasteiger partial charge on any atom is -0.495 e. The number of ether oxygens (including phenoxy) is 1. The van der Waals surface area contributed by atoms with Crippen molar-refractivity contribution in [3.63, 3.8) is 0 Å². The number of nitrogens with two attached hydrogens (primary N) is 1. The van der Waals surface area contributed by atoms with Gasteiger partial charge in [0.05, 0.1) is 12.7 Å². The van der Waals surface area contributed by atoms with Gasteiger partial charge in [-0.05, 0) is 24.6 Å². The smallest absolute Gasteiger partial charge is 0.136 e.